The fraction of sp³-hybridized carbons (Fsp3) is 0.655. The summed E-state index contributed by atoms with van der Waals surface area (Å²) in [4.78, 5) is 20.6. The maximum atomic E-state index is 13.4. The van der Waals surface area contributed by atoms with Crippen LogP contribution in [0.25, 0.3) is 10.9 Å². The van der Waals surface area contributed by atoms with Crippen molar-refractivity contribution >= 4 is 16.8 Å². The summed E-state index contributed by atoms with van der Waals surface area (Å²) in [5, 5.41) is 4.10. The number of pyridine rings is 1. The van der Waals surface area contributed by atoms with Crippen LogP contribution in [0.15, 0.2) is 24.3 Å². The van der Waals surface area contributed by atoms with Crippen LogP contribution in [0.2, 0.25) is 0 Å². The normalized spacial score (nSPS) is 19.5. The standard InChI is InChI=1S/C29H43N3O4/c1-21(2)32-15-8-12-23(19-32)30-29(33)25-18-27(35-17-9-16-34-3)24-13-7-14-26(28(24)31-25)36-20-22-10-5-4-6-11-22/h7,13-14,18,21-23H,4-6,8-12,15-17,19-20H2,1-3H3,(H,30,33)/t23-/m1/s1. The number of nitrogens with zero attached hydrogens (tertiary/aromatic N) is 2. The molecule has 2 aliphatic rings. The molecule has 2 heterocycles. The van der Waals surface area contributed by atoms with Crippen molar-refractivity contribution in [3.8, 4) is 11.5 Å². The molecule has 7 heteroatoms. The van der Waals surface area contributed by atoms with Crippen LogP contribution in [0.1, 0.15) is 75.7 Å². The van der Waals surface area contributed by atoms with Gasteiger partial charge >= 0.3 is 0 Å². The maximum absolute atomic E-state index is 13.4. The molecule has 1 saturated heterocycles. The number of para-hydroxylation sites is 1. The van der Waals surface area contributed by atoms with E-state index in [0.29, 0.717) is 48.7 Å². The average Bonchev–Trinajstić information content (AvgIpc) is 2.90. The number of benzene rings is 1. The Morgan fingerprint density at radius 2 is 1.92 bits per heavy atom. The van der Waals surface area contributed by atoms with Crippen molar-refractivity contribution in [3.05, 3.63) is 30.0 Å². The van der Waals surface area contributed by atoms with Crippen molar-refractivity contribution in [1.82, 2.24) is 15.2 Å². The number of amides is 1. The lowest BCUT2D eigenvalue weighted by Gasteiger charge is -2.35. The monoisotopic (exact) mass is 497 g/mol. The first-order valence-electron chi connectivity index (χ1n) is 13.8. The molecule has 1 aliphatic carbocycles. The number of fused-ring (bicyclic) bond motifs is 1. The van der Waals surface area contributed by atoms with Crippen LogP contribution in [0, 0.1) is 5.92 Å². The molecule has 1 N–H and O–H groups in total. The van der Waals surface area contributed by atoms with Crippen molar-refractivity contribution in [1.29, 1.82) is 0 Å². The topological polar surface area (TPSA) is 72.9 Å². The van der Waals surface area contributed by atoms with Gasteiger partial charge in [0.2, 0.25) is 0 Å². The Balaban J connectivity index is 1.56. The number of carbonyl (C=O) groups excluding carboxylic acids is 1. The second-order valence-corrected chi connectivity index (χ2v) is 10.6. The number of hydrogen-bond donors (Lipinski definition) is 1. The summed E-state index contributed by atoms with van der Waals surface area (Å²) in [5.41, 5.74) is 1.06. The summed E-state index contributed by atoms with van der Waals surface area (Å²) in [7, 11) is 1.69. The van der Waals surface area contributed by atoms with Gasteiger partial charge in [0.15, 0.2) is 0 Å². The molecule has 198 valence electrons. The molecule has 7 nitrogen and oxygen atoms in total. The fourth-order valence-corrected chi connectivity index (χ4v) is 5.34. The molecular weight excluding hydrogens is 454 g/mol. The lowest BCUT2D eigenvalue weighted by atomic mass is 9.90. The molecule has 1 aromatic heterocycles. The van der Waals surface area contributed by atoms with Gasteiger partial charge in [-0.15, -0.1) is 0 Å². The van der Waals surface area contributed by atoms with E-state index in [0.717, 1.165) is 43.5 Å². The van der Waals surface area contributed by atoms with E-state index in [1.54, 1.807) is 13.2 Å². The van der Waals surface area contributed by atoms with E-state index < -0.39 is 0 Å². The second kappa shape index (κ2) is 13.2. The van der Waals surface area contributed by atoms with E-state index in [1.807, 2.05) is 18.2 Å². The zero-order valence-electron chi connectivity index (χ0n) is 22.3. The second-order valence-electron chi connectivity index (χ2n) is 10.6. The number of aromatic nitrogens is 1. The Morgan fingerprint density at radius 3 is 2.69 bits per heavy atom. The molecule has 1 aromatic carbocycles. The number of carbonyl (C=O) groups is 1. The van der Waals surface area contributed by atoms with Crippen molar-refractivity contribution < 1.29 is 19.0 Å². The average molecular weight is 498 g/mol. The molecule has 4 rings (SSSR count). The lowest BCUT2D eigenvalue weighted by Crippen LogP contribution is -2.49. The van der Waals surface area contributed by atoms with Gasteiger partial charge in [0.1, 0.15) is 22.7 Å². The number of nitrogens with one attached hydrogen (secondary N) is 1. The lowest BCUT2D eigenvalue weighted by molar-refractivity contribution is 0.0881. The number of rotatable bonds is 11. The third-order valence-corrected chi connectivity index (χ3v) is 7.47. The summed E-state index contributed by atoms with van der Waals surface area (Å²) >= 11 is 0. The number of likely N-dealkylation sites (tertiary alicyclic amines) is 1. The molecule has 1 aliphatic heterocycles. The SMILES string of the molecule is COCCCOc1cc(C(=O)N[C@@H]2CCCN(C(C)C)C2)nc2c(OCC3CCCCC3)cccc12. The number of methoxy groups -OCH3 is 1. The molecule has 0 bridgehead atoms. The highest BCUT2D eigenvalue weighted by Gasteiger charge is 2.25. The van der Waals surface area contributed by atoms with E-state index in [-0.39, 0.29) is 11.9 Å². The minimum atomic E-state index is -0.156. The van der Waals surface area contributed by atoms with Gasteiger partial charge in [-0.1, -0.05) is 25.3 Å². The highest BCUT2D eigenvalue weighted by Crippen LogP contribution is 2.33. The Bertz CT molecular complexity index is 990. The van der Waals surface area contributed by atoms with Crippen LogP contribution in [-0.4, -0.2) is 67.9 Å². The summed E-state index contributed by atoms with van der Waals surface area (Å²) < 4.78 is 17.6. The number of ether oxygens (including phenoxy) is 3. The third kappa shape index (κ3) is 7.10. The van der Waals surface area contributed by atoms with E-state index in [1.165, 1.54) is 32.1 Å². The van der Waals surface area contributed by atoms with E-state index in [4.69, 9.17) is 19.2 Å². The van der Waals surface area contributed by atoms with Crippen molar-refractivity contribution in [2.75, 3.05) is 40.0 Å². The Morgan fingerprint density at radius 1 is 1.08 bits per heavy atom. The van der Waals surface area contributed by atoms with Gasteiger partial charge in [0.05, 0.1) is 13.2 Å². The zero-order chi connectivity index (χ0) is 25.3. The largest absolute Gasteiger partial charge is 0.493 e. The molecule has 36 heavy (non-hydrogen) atoms. The van der Waals surface area contributed by atoms with Gasteiger partial charge in [0.25, 0.3) is 5.91 Å². The molecule has 1 atom stereocenters. The molecule has 2 aromatic rings. The van der Waals surface area contributed by atoms with Gasteiger partial charge in [-0.25, -0.2) is 4.98 Å². The molecule has 1 amide bonds. The zero-order valence-corrected chi connectivity index (χ0v) is 22.3. The van der Waals surface area contributed by atoms with E-state index >= 15 is 0 Å². The first-order valence-corrected chi connectivity index (χ1v) is 13.8. The van der Waals surface area contributed by atoms with E-state index in [2.05, 4.69) is 24.1 Å². The van der Waals surface area contributed by atoms with Gasteiger partial charge in [-0.2, -0.15) is 0 Å². The van der Waals surface area contributed by atoms with Gasteiger partial charge in [0, 0.05) is 50.2 Å². The molecular formula is C29H43N3O4. The predicted octanol–water partition coefficient (Wildman–Crippen LogP) is 5.21. The first-order chi connectivity index (χ1) is 17.5. The van der Waals surface area contributed by atoms with Crippen LogP contribution >= 0.6 is 0 Å². The molecule has 2 fully saturated rings. The van der Waals surface area contributed by atoms with Crippen LogP contribution in [-0.2, 0) is 4.74 Å². The number of hydrogen-bond acceptors (Lipinski definition) is 6. The van der Waals surface area contributed by atoms with Crippen molar-refractivity contribution in [2.45, 2.75) is 77.3 Å². The molecule has 0 spiro atoms. The quantitative estimate of drug-likeness (QED) is 0.430. The predicted molar refractivity (Wildman–Crippen MR) is 143 cm³/mol. The van der Waals surface area contributed by atoms with Gasteiger partial charge in [-0.3, -0.25) is 9.69 Å². The molecule has 0 unspecified atom stereocenters. The smallest absolute Gasteiger partial charge is 0.270 e. The summed E-state index contributed by atoms with van der Waals surface area (Å²) in [5.74, 6) is 1.81. The molecule has 1 saturated carbocycles. The highest BCUT2D eigenvalue weighted by atomic mass is 16.5. The van der Waals surface area contributed by atoms with Crippen molar-refractivity contribution in [3.63, 3.8) is 0 Å². The van der Waals surface area contributed by atoms with Crippen LogP contribution in [0.5, 0.6) is 11.5 Å². The first kappa shape index (κ1) is 26.7. The van der Waals surface area contributed by atoms with Crippen molar-refractivity contribution in [2.24, 2.45) is 5.92 Å². The summed E-state index contributed by atoms with van der Waals surface area (Å²) in [6.07, 6.45) is 9.16. The highest BCUT2D eigenvalue weighted by molar-refractivity contribution is 5.98. The van der Waals surface area contributed by atoms with Crippen LogP contribution in [0.3, 0.4) is 0 Å². The minimum absolute atomic E-state index is 0.120. The van der Waals surface area contributed by atoms with Crippen LogP contribution in [0.4, 0.5) is 0 Å². The Hall–Kier alpha value is -2.38. The van der Waals surface area contributed by atoms with Crippen LogP contribution < -0.4 is 14.8 Å². The summed E-state index contributed by atoms with van der Waals surface area (Å²) in [6, 6.07) is 8.29. The third-order valence-electron chi connectivity index (χ3n) is 7.47. The summed E-state index contributed by atoms with van der Waals surface area (Å²) in [6.45, 7) is 8.18. The maximum Gasteiger partial charge on any atom is 0.270 e. The van der Waals surface area contributed by atoms with Gasteiger partial charge < -0.3 is 19.5 Å². The minimum Gasteiger partial charge on any atom is -0.493 e. The number of piperidine rings is 1. The van der Waals surface area contributed by atoms with E-state index in [9.17, 15) is 4.79 Å². The Labute approximate surface area is 215 Å². The van der Waals surface area contributed by atoms with Gasteiger partial charge in [-0.05, 0) is 64.1 Å². The Kier molecular flexibility index (Phi) is 9.82. The molecule has 0 radical (unpaired) electrons. The fourth-order valence-electron chi connectivity index (χ4n) is 5.34.